The van der Waals surface area contributed by atoms with Crippen molar-refractivity contribution >= 4 is 33.7 Å². The normalized spacial score (nSPS) is 20.3. The Balaban J connectivity index is 1.29. The van der Waals surface area contributed by atoms with Crippen LogP contribution in [0.15, 0.2) is 40.7 Å². The van der Waals surface area contributed by atoms with Crippen LogP contribution in [-0.2, 0) is 27.2 Å². The molecule has 2 fully saturated rings. The number of carbonyl (C=O) groups excluding carboxylic acids is 2. The quantitative estimate of drug-likeness (QED) is 0.424. The summed E-state index contributed by atoms with van der Waals surface area (Å²) in [5.74, 6) is -1.19. The summed E-state index contributed by atoms with van der Waals surface area (Å²) in [6.45, 7) is 5.79. The highest BCUT2D eigenvalue weighted by molar-refractivity contribution is 7.92. The number of sulfonamides is 1. The molecule has 0 saturated carbocycles. The number of piperidine rings is 2. The van der Waals surface area contributed by atoms with Gasteiger partial charge in [-0.05, 0) is 93.5 Å². The van der Waals surface area contributed by atoms with Crippen molar-refractivity contribution in [2.75, 3.05) is 26.2 Å². The Hall–Kier alpha value is -3.76. The standard InChI is InChI=1S/C32H34F6N4O5S/c1-19-16-22(27(43)41-11-7-29(3,45)8-12-41)17-20(2)23(19)6-15-48(46,47)42-13-9-30(10-14-42)28(44)39-26(40-30)21-4-5-24(31(33,34)35)25(18-21)32(36,37)38/h4-6,15-18,45H,7-14H2,1-3H3,(H,39,40,44). The van der Waals surface area contributed by atoms with E-state index in [4.69, 9.17) is 0 Å². The number of aliphatic hydroxyl groups is 1. The van der Waals surface area contributed by atoms with Crippen LogP contribution < -0.4 is 5.32 Å². The maximum absolute atomic E-state index is 13.5. The third-order valence-electron chi connectivity index (χ3n) is 9.17. The lowest BCUT2D eigenvalue weighted by molar-refractivity contribution is -0.162. The van der Waals surface area contributed by atoms with Crippen LogP contribution in [0.5, 0.6) is 0 Å². The lowest BCUT2D eigenvalue weighted by Gasteiger charge is -2.36. The lowest BCUT2D eigenvalue weighted by Crippen LogP contribution is -2.50. The van der Waals surface area contributed by atoms with E-state index >= 15 is 0 Å². The van der Waals surface area contributed by atoms with Crippen molar-refractivity contribution in [2.45, 2.75) is 69.9 Å². The maximum Gasteiger partial charge on any atom is 0.417 e. The molecule has 3 aliphatic heterocycles. The highest BCUT2D eigenvalue weighted by Crippen LogP contribution is 2.41. The van der Waals surface area contributed by atoms with Crippen molar-refractivity contribution in [1.29, 1.82) is 0 Å². The number of aliphatic imine (C=N–C) groups is 1. The van der Waals surface area contributed by atoms with Crippen LogP contribution in [0.2, 0.25) is 0 Å². The number of halogens is 6. The Labute approximate surface area is 273 Å². The van der Waals surface area contributed by atoms with Gasteiger partial charge in [0.2, 0.25) is 10.0 Å². The minimum absolute atomic E-state index is 0.108. The number of carbonyl (C=O) groups is 2. The summed E-state index contributed by atoms with van der Waals surface area (Å²) in [5.41, 5.74) is -4.04. The molecule has 0 aliphatic carbocycles. The van der Waals surface area contributed by atoms with Gasteiger partial charge >= 0.3 is 12.4 Å². The van der Waals surface area contributed by atoms with E-state index in [-0.39, 0.29) is 55.4 Å². The van der Waals surface area contributed by atoms with Gasteiger partial charge in [0, 0.05) is 42.7 Å². The van der Waals surface area contributed by atoms with Gasteiger partial charge in [0.25, 0.3) is 11.8 Å². The molecule has 0 aromatic heterocycles. The molecule has 2 aromatic rings. The molecule has 2 amide bonds. The second-order valence-electron chi connectivity index (χ2n) is 12.8. The molecule has 1 spiro atoms. The first-order valence-electron chi connectivity index (χ1n) is 15.1. The summed E-state index contributed by atoms with van der Waals surface area (Å²) in [4.78, 5) is 32.0. The highest BCUT2D eigenvalue weighted by atomic mass is 32.2. The van der Waals surface area contributed by atoms with E-state index in [1.807, 2.05) is 0 Å². The molecule has 3 aliphatic rings. The molecule has 5 rings (SSSR count). The molecule has 2 N–H and O–H groups in total. The molecule has 260 valence electrons. The van der Waals surface area contributed by atoms with Crippen molar-refractivity contribution in [2.24, 2.45) is 4.99 Å². The molecular weight excluding hydrogens is 666 g/mol. The monoisotopic (exact) mass is 700 g/mol. The van der Waals surface area contributed by atoms with Crippen LogP contribution >= 0.6 is 0 Å². The molecule has 48 heavy (non-hydrogen) atoms. The Morgan fingerprint density at radius 2 is 1.48 bits per heavy atom. The minimum Gasteiger partial charge on any atom is -0.390 e. The van der Waals surface area contributed by atoms with Gasteiger partial charge in [-0.3, -0.25) is 14.6 Å². The molecule has 0 unspecified atom stereocenters. The zero-order valence-corrected chi connectivity index (χ0v) is 27.1. The molecular formula is C32H34F6N4O5S. The SMILES string of the molecule is Cc1cc(C(=O)N2CCC(C)(O)CC2)cc(C)c1C=CS(=O)(=O)N1CCC2(CC1)N=C(c1ccc(C(F)(F)F)c(C(F)(F)F)c1)NC2=O. The fourth-order valence-corrected chi connectivity index (χ4v) is 7.42. The van der Waals surface area contributed by atoms with Gasteiger partial charge in [-0.2, -0.15) is 30.6 Å². The van der Waals surface area contributed by atoms with E-state index in [2.05, 4.69) is 10.3 Å². The Morgan fingerprint density at radius 3 is 2.02 bits per heavy atom. The molecule has 3 heterocycles. The van der Waals surface area contributed by atoms with Crippen molar-refractivity contribution in [3.8, 4) is 0 Å². The van der Waals surface area contributed by atoms with Gasteiger partial charge < -0.3 is 15.3 Å². The van der Waals surface area contributed by atoms with Crippen molar-refractivity contribution < 1.29 is 49.5 Å². The third-order valence-corrected chi connectivity index (χ3v) is 10.7. The Bertz CT molecular complexity index is 1780. The fourth-order valence-electron chi connectivity index (χ4n) is 6.25. The Kier molecular flexibility index (Phi) is 9.10. The number of hydrogen-bond acceptors (Lipinski definition) is 6. The van der Waals surface area contributed by atoms with E-state index in [9.17, 15) is 49.5 Å². The van der Waals surface area contributed by atoms with E-state index in [0.29, 0.717) is 48.2 Å². The van der Waals surface area contributed by atoms with E-state index in [1.165, 1.54) is 6.08 Å². The van der Waals surface area contributed by atoms with Gasteiger partial charge in [-0.15, -0.1) is 0 Å². The number of amides is 2. The molecule has 0 bridgehead atoms. The van der Waals surface area contributed by atoms with Crippen LogP contribution in [0.4, 0.5) is 26.3 Å². The first-order chi connectivity index (χ1) is 22.1. The van der Waals surface area contributed by atoms with Crippen LogP contribution in [0.25, 0.3) is 6.08 Å². The van der Waals surface area contributed by atoms with Gasteiger partial charge in [-0.25, -0.2) is 8.42 Å². The minimum atomic E-state index is -5.32. The zero-order valence-electron chi connectivity index (χ0n) is 26.3. The first-order valence-corrected chi connectivity index (χ1v) is 16.6. The van der Waals surface area contributed by atoms with Crippen molar-refractivity contribution in [1.82, 2.24) is 14.5 Å². The number of hydrogen-bond donors (Lipinski definition) is 2. The average molecular weight is 701 g/mol. The van der Waals surface area contributed by atoms with Gasteiger partial charge in [-0.1, -0.05) is 6.07 Å². The number of nitrogens with zero attached hydrogens (tertiary/aromatic N) is 3. The molecule has 16 heteroatoms. The van der Waals surface area contributed by atoms with Gasteiger partial charge in [0.15, 0.2) is 0 Å². The second-order valence-corrected chi connectivity index (χ2v) is 14.6. The summed E-state index contributed by atoms with van der Waals surface area (Å²) >= 11 is 0. The van der Waals surface area contributed by atoms with Crippen LogP contribution in [0, 0.1) is 13.8 Å². The third kappa shape index (κ3) is 7.15. The number of nitrogens with one attached hydrogen (secondary N) is 1. The maximum atomic E-state index is 13.5. The summed E-state index contributed by atoms with van der Waals surface area (Å²) in [6, 6.07) is 4.74. The zero-order chi connectivity index (χ0) is 35.4. The van der Waals surface area contributed by atoms with Gasteiger partial charge in [0.1, 0.15) is 11.4 Å². The van der Waals surface area contributed by atoms with E-state index < -0.39 is 50.5 Å². The topological polar surface area (TPSA) is 119 Å². The smallest absolute Gasteiger partial charge is 0.390 e. The number of rotatable bonds is 5. The van der Waals surface area contributed by atoms with E-state index in [0.717, 1.165) is 15.8 Å². The number of benzene rings is 2. The number of aryl methyl sites for hydroxylation is 2. The lowest BCUT2D eigenvalue weighted by atomic mass is 9.89. The van der Waals surface area contributed by atoms with Crippen molar-refractivity contribution in [3.63, 3.8) is 0 Å². The van der Waals surface area contributed by atoms with Crippen LogP contribution in [-0.4, -0.2) is 77.7 Å². The predicted molar refractivity (Wildman–Crippen MR) is 164 cm³/mol. The summed E-state index contributed by atoms with van der Waals surface area (Å²) in [6.07, 6.45) is -8.43. The average Bonchev–Trinajstić information content (AvgIpc) is 3.30. The molecule has 2 aromatic carbocycles. The highest BCUT2D eigenvalue weighted by Gasteiger charge is 2.48. The predicted octanol–water partition coefficient (Wildman–Crippen LogP) is 5.04. The molecule has 9 nitrogen and oxygen atoms in total. The van der Waals surface area contributed by atoms with Crippen LogP contribution in [0.1, 0.15) is 76.3 Å². The second kappa shape index (κ2) is 12.3. The van der Waals surface area contributed by atoms with E-state index in [1.54, 1.807) is 37.8 Å². The summed E-state index contributed by atoms with van der Waals surface area (Å²) in [7, 11) is -4.00. The molecule has 2 saturated heterocycles. The number of amidine groups is 1. The fraction of sp³-hybridized carbons (Fsp3) is 0.469. The number of alkyl halides is 6. The first kappa shape index (κ1) is 35.5. The Morgan fingerprint density at radius 1 is 0.917 bits per heavy atom. The number of likely N-dealkylation sites (tertiary alicyclic amines) is 1. The van der Waals surface area contributed by atoms with Crippen molar-refractivity contribution in [3.05, 3.63) is 74.7 Å². The summed E-state index contributed by atoms with van der Waals surface area (Å²) < 4.78 is 108. The van der Waals surface area contributed by atoms with Crippen LogP contribution in [0.3, 0.4) is 0 Å². The molecule has 0 radical (unpaired) electrons. The van der Waals surface area contributed by atoms with Gasteiger partial charge in [0.05, 0.1) is 16.7 Å². The summed E-state index contributed by atoms with van der Waals surface area (Å²) in [5, 5.41) is 13.6. The largest absolute Gasteiger partial charge is 0.417 e. The molecule has 0 atom stereocenters.